The Labute approximate surface area is 220 Å². The lowest BCUT2D eigenvalue weighted by molar-refractivity contribution is -0.160. The number of carbonyl (C=O) groups excluding carboxylic acids is 1. The molecule has 37 heavy (non-hydrogen) atoms. The van der Waals surface area contributed by atoms with Crippen LogP contribution in [-0.4, -0.2) is 43.6 Å². The van der Waals surface area contributed by atoms with E-state index in [1.165, 1.54) is 5.56 Å². The van der Waals surface area contributed by atoms with E-state index in [1.54, 1.807) is 7.11 Å². The van der Waals surface area contributed by atoms with Crippen molar-refractivity contribution < 1.29 is 23.5 Å². The molecule has 0 fully saturated rings. The van der Waals surface area contributed by atoms with E-state index in [2.05, 4.69) is 47.3 Å². The summed E-state index contributed by atoms with van der Waals surface area (Å²) in [6, 6.07) is 14.6. The Hall–Kier alpha value is -3.32. The summed E-state index contributed by atoms with van der Waals surface area (Å²) in [5.41, 5.74) is 5.95. The molecule has 3 rings (SSSR count). The molecule has 0 bridgehead atoms. The van der Waals surface area contributed by atoms with E-state index in [1.807, 2.05) is 46.8 Å². The maximum atomic E-state index is 11.8. The van der Waals surface area contributed by atoms with Gasteiger partial charge < -0.3 is 23.6 Å². The summed E-state index contributed by atoms with van der Waals surface area (Å²) in [4.78, 5) is 14.2. The molecule has 0 spiro atoms. The fourth-order valence-corrected chi connectivity index (χ4v) is 4.28. The van der Waals surface area contributed by atoms with Crippen molar-refractivity contribution in [2.45, 2.75) is 66.4 Å². The van der Waals surface area contributed by atoms with Gasteiger partial charge in [-0.3, -0.25) is 0 Å². The Morgan fingerprint density at radius 2 is 1.73 bits per heavy atom. The number of esters is 1. The minimum absolute atomic E-state index is 0.0110. The van der Waals surface area contributed by atoms with E-state index in [4.69, 9.17) is 18.7 Å². The topological polar surface area (TPSA) is 74.0 Å². The molecule has 200 valence electrons. The second-order valence-corrected chi connectivity index (χ2v) is 10.2. The molecule has 1 aromatic heterocycles. The largest absolute Gasteiger partial charge is 0.497 e. The van der Waals surface area contributed by atoms with Crippen LogP contribution in [0.25, 0.3) is 11.1 Å². The monoisotopic (exact) mass is 508 g/mol. The van der Waals surface area contributed by atoms with Gasteiger partial charge in [-0.15, -0.1) is 0 Å². The van der Waals surface area contributed by atoms with E-state index in [0.29, 0.717) is 6.61 Å². The standard InChI is InChI=1S/C30H40N2O5/c1-21-11-12-24(29-22(2)31-37-23(29)3)19-27(21)32(25-13-15-26(34-7)16-14-25)17-9-8-10-18-35-20-28(33)36-30(4,5)6/h11-16,19H,8-10,17-18,20H2,1-7H3. The number of benzene rings is 2. The zero-order valence-electron chi connectivity index (χ0n) is 23.2. The Balaban J connectivity index is 1.69. The predicted molar refractivity (Wildman–Crippen MR) is 147 cm³/mol. The predicted octanol–water partition coefficient (Wildman–Crippen LogP) is 6.94. The Morgan fingerprint density at radius 1 is 1.00 bits per heavy atom. The Kier molecular flexibility index (Phi) is 9.75. The molecule has 1 heterocycles. The third-order valence-electron chi connectivity index (χ3n) is 6.02. The van der Waals surface area contributed by atoms with Crippen molar-refractivity contribution in [1.29, 1.82) is 0 Å². The van der Waals surface area contributed by atoms with Gasteiger partial charge in [-0.05, 0) is 102 Å². The average molecular weight is 509 g/mol. The molecular weight excluding hydrogens is 468 g/mol. The van der Waals surface area contributed by atoms with Crippen LogP contribution in [0.2, 0.25) is 0 Å². The summed E-state index contributed by atoms with van der Waals surface area (Å²) in [5, 5.41) is 4.14. The third kappa shape index (κ3) is 8.09. The quantitative estimate of drug-likeness (QED) is 0.194. The van der Waals surface area contributed by atoms with Crippen LogP contribution in [0, 0.1) is 20.8 Å². The van der Waals surface area contributed by atoms with Crippen molar-refractivity contribution in [2.75, 3.05) is 31.8 Å². The SMILES string of the molecule is COc1ccc(N(CCCCCOCC(=O)OC(C)(C)C)c2cc(-c3c(C)noc3C)ccc2C)cc1. The molecule has 0 aliphatic heterocycles. The highest BCUT2D eigenvalue weighted by Gasteiger charge is 2.18. The number of methoxy groups -OCH3 is 1. The van der Waals surface area contributed by atoms with Crippen molar-refractivity contribution >= 4 is 17.3 Å². The number of rotatable bonds is 12. The van der Waals surface area contributed by atoms with Crippen LogP contribution >= 0.6 is 0 Å². The van der Waals surface area contributed by atoms with Crippen molar-refractivity contribution in [2.24, 2.45) is 0 Å². The lowest BCUT2D eigenvalue weighted by atomic mass is 10.0. The lowest BCUT2D eigenvalue weighted by Gasteiger charge is -2.27. The summed E-state index contributed by atoms with van der Waals surface area (Å²) in [7, 11) is 1.68. The van der Waals surface area contributed by atoms with Crippen LogP contribution in [-0.2, 0) is 14.3 Å². The van der Waals surface area contributed by atoms with Gasteiger partial charge in [0.05, 0.1) is 12.8 Å². The van der Waals surface area contributed by atoms with Crippen LogP contribution < -0.4 is 9.64 Å². The maximum absolute atomic E-state index is 11.8. The first-order valence-corrected chi connectivity index (χ1v) is 12.8. The van der Waals surface area contributed by atoms with Crippen molar-refractivity contribution in [3.63, 3.8) is 0 Å². The first kappa shape index (κ1) is 28.3. The maximum Gasteiger partial charge on any atom is 0.332 e. The van der Waals surface area contributed by atoms with E-state index in [0.717, 1.165) is 65.5 Å². The number of aromatic nitrogens is 1. The van der Waals surface area contributed by atoms with Crippen molar-refractivity contribution in [1.82, 2.24) is 5.16 Å². The third-order valence-corrected chi connectivity index (χ3v) is 6.02. The highest BCUT2D eigenvalue weighted by molar-refractivity contribution is 5.76. The minimum Gasteiger partial charge on any atom is -0.497 e. The molecule has 7 nitrogen and oxygen atoms in total. The van der Waals surface area contributed by atoms with Gasteiger partial charge in [0, 0.05) is 30.1 Å². The highest BCUT2D eigenvalue weighted by atomic mass is 16.6. The molecule has 0 atom stereocenters. The van der Waals surface area contributed by atoms with Crippen LogP contribution in [0.1, 0.15) is 57.1 Å². The number of aryl methyl sites for hydroxylation is 3. The molecular formula is C30H40N2O5. The van der Waals surface area contributed by atoms with Gasteiger partial charge in [0.25, 0.3) is 0 Å². The summed E-state index contributed by atoms with van der Waals surface area (Å²) in [6.45, 7) is 13.0. The normalized spacial score (nSPS) is 11.4. The molecule has 0 aliphatic carbocycles. The van der Waals surface area contributed by atoms with Gasteiger partial charge in [-0.2, -0.15) is 0 Å². The number of hydrogen-bond acceptors (Lipinski definition) is 7. The summed E-state index contributed by atoms with van der Waals surface area (Å²) in [6.07, 6.45) is 2.82. The molecule has 0 saturated carbocycles. The molecule has 0 amide bonds. The van der Waals surface area contributed by atoms with Crippen LogP contribution in [0.3, 0.4) is 0 Å². The number of hydrogen-bond donors (Lipinski definition) is 0. The smallest absolute Gasteiger partial charge is 0.332 e. The molecule has 0 aliphatic rings. The fourth-order valence-electron chi connectivity index (χ4n) is 4.28. The van der Waals surface area contributed by atoms with E-state index >= 15 is 0 Å². The Bertz CT molecular complexity index is 1140. The molecule has 2 aromatic carbocycles. The molecule has 0 radical (unpaired) electrons. The minimum atomic E-state index is -0.494. The van der Waals surface area contributed by atoms with Crippen LogP contribution in [0.15, 0.2) is 47.0 Å². The fraction of sp³-hybridized carbons (Fsp3) is 0.467. The van der Waals surface area contributed by atoms with Crippen LogP contribution in [0.5, 0.6) is 5.75 Å². The average Bonchev–Trinajstić information content (AvgIpc) is 3.18. The summed E-state index contributed by atoms with van der Waals surface area (Å²) >= 11 is 0. The Morgan fingerprint density at radius 3 is 2.35 bits per heavy atom. The molecule has 7 heteroatoms. The van der Waals surface area contributed by atoms with Crippen molar-refractivity contribution in [3.05, 3.63) is 59.5 Å². The van der Waals surface area contributed by atoms with E-state index in [9.17, 15) is 4.79 Å². The first-order valence-electron chi connectivity index (χ1n) is 12.8. The molecule has 0 N–H and O–H groups in total. The number of unbranched alkanes of at least 4 members (excludes halogenated alkanes) is 2. The van der Waals surface area contributed by atoms with Gasteiger partial charge in [0.1, 0.15) is 23.7 Å². The molecule has 0 unspecified atom stereocenters. The zero-order valence-corrected chi connectivity index (χ0v) is 23.2. The van der Waals surface area contributed by atoms with Crippen LogP contribution in [0.4, 0.5) is 11.4 Å². The first-order chi connectivity index (χ1) is 17.6. The number of ether oxygens (including phenoxy) is 3. The van der Waals surface area contributed by atoms with Gasteiger partial charge in [-0.1, -0.05) is 17.3 Å². The highest BCUT2D eigenvalue weighted by Crippen LogP contribution is 2.35. The van der Waals surface area contributed by atoms with Gasteiger partial charge in [-0.25, -0.2) is 4.79 Å². The van der Waals surface area contributed by atoms with Gasteiger partial charge in [0.15, 0.2) is 0 Å². The van der Waals surface area contributed by atoms with Crippen molar-refractivity contribution in [3.8, 4) is 16.9 Å². The molecule has 0 saturated heterocycles. The van der Waals surface area contributed by atoms with Gasteiger partial charge >= 0.3 is 5.97 Å². The second-order valence-electron chi connectivity index (χ2n) is 10.2. The number of anilines is 2. The van der Waals surface area contributed by atoms with Gasteiger partial charge in [0.2, 0.25) is 0 Å². The number of nitrogens with zero attached hydrogens (tertiary/aromatic N) is 2. The lowest BCUT2D eigenvalue weighted by Crippen LogP contribution is -2.26. The summed E-state index contributed by atoms with van der Waals surface area (Å²) in [5.74, 6) is 1.31. The summed E-state index contributed by atoms with van der Waals surface area (Å²) < 4.78 is 21.6. The second kappa shape index (κ2) is 12.8. The van der Waals surface area contributed by atoms with E-state index in [-0.39, 0.29) is 12.6 Å². The number of carbonyl (C=O) groups is 1. The molecule has 3 aromatic rings. The van der Waals surface area contributed by atoms with E-state index < -0.39 is 5.60 Å². The zero-order chi connectivity index (χ0) is 27.0.